The molecule has 29 heavy (non-hydrogen) atoms. The van der Waals surface area contributed by atoms with E-state index in [2.05, 4.69) is 121 Å². The van der Waals surface area contributed by atoms with Gasteiger partial charge in [0, 0.05) is 16.5 Å². The van der Waals surface area contributed by atoms with Crippen molar-refractivity contribution in [2.45, 2.75) is 13.3 Å². The van der Waals surface area contributed by atoms with Crippen LogP contribution in [-0.2, 0) is 6.42 Å². The van der Waals surface area contributed by atoms with Crippen LogP contribution in [0.5, 0.6) is 0 Å². The van der Waals surface area contributed by atoms with E-state index in [1.807, 2.05) is 0 Å². The highest BCUT2D eigenvalue weighted by atomic mass is 15.1. The summed E-state index contributed by atoms with van der Waals surface area (Å²) >= 11 is 0. The minimum absolute atomic E-state index is 1.03. The Labute approximate surface area is 171 Å². The van der Waals surface area contributed by atoms with Crippen LogP contribution in [0.4, 0.5) is 17.1 Å². The van der Waals surface area contributed by atoms with Gasteiger partial charge in [0.1, 0.15) is 0 Å². The summed E-state index contributed by atoms with van der Waals surface area (Å²) in [6.07, 6.45) is 1.03. The molecule has 1 heteroatoms. The molecule has 0 aliphatic heterocycles. The maximum absolute atomic E-state index is 2.39. The Kier molecular flexibility index (Phi) is 4.50. The first kappa shape index (κ1) is 17.5. The van der Waals surface area contributed by atoms with E-state index in [4.69, 9.17) is 0 Å². The topological polar surface area (TPSA) is 3.24 Å². The summed E-state index contributed by atoms with van der Waals surface area (Å²) in [7, 11) is 0. The van der Waals surface area contributed by atoms with Gasteiger partial charge in [-0.2, -0.15) is 0 Å². The normalized spacial score (nSPS) is 11.1. The van der Waals surface area contributed by atoms with Crippen LogP contribution in [0.3, 0.4) is 0 Å². The molecule has 5 aromatic carbocycles. The van der Waals surface area contributed by atoms with Crippen LogP contribution >= 0.6 is 0 Å². The molecular formula is C28H23N. The lowest BCUT2D eigenvalue weighted by atomic mass is 9.99. The number of hydrogen-bond donors (Lipinski definition) is 0. The fourth-order valence-electron chi connectivity index (χ4n) is 4.24. The van der Waals surface area contributed by atoms with E-state index < -0.39 is 0 Å². The summed E-state index contributed by atoms with van der Waals surface area (Å²) in [6.45, 7) is 2.22. The fraction of sp³-hybridized carbons (Fsp3) is 0.0714. The van der Waals surface area contributed by atoms with Gasteiger partial charge in [0.25, 0.3) is 0 Å². The Morgan fingerprint density at radius 3 is 1.93 bits per heavy atom. The van der Waals surface area contributed by atoms with Gasteiger partial charge in [0.15, 0.2) is 0 Å². The van der Waals surface area contributed by atoms with Crippen LogP contribution in [0, 0.1) is 0 Å². The van der Waals surface area contributed by atoms with Gasteiger partial charge in [-0.05, 0) is 47.0 Å². The monoisotopic (exact) mass is 373 g/mol. The molecular weight excluding hydrogens is 350 g/mol. The third-order valence-electron chi connectivity index (χ3n) is 5.64. The Morgan fingerprint density at radius 1 is 0.517 bits per heavy atom. The van der Waals surface area contributed by atoms with Crippen LogP contribution < -0.4 is 4.90 Å². The van der Waals surface area contributed by atoms with E-state index in [1.54, 1.807) is 0 Å². The van der Waals surface area contributed by atoms with E-state index in [-0.39, 0.29) is 0 Å². The number of hydrogen-bond acceptors (Lipinski definition) is 1. The molecule has 0 spiro atoms. The Bertz CT molecular complexity index is 1280. The molecule has 0 heterocycles. The summed E-state index contributed by atoms with van der Waals surface area (Å²) in [5.74, 6) is 0. The van der Waals surface area contributed by atoms with Crippen LogP contribution in [0.25, 0.3) is 21.5 Å². The lowest BCUT2D eigenvalue weighted by Crippen LogP contribution is -2.11. The smallest absolute Gasteiger partial charge is 0.0540 e. The molecule has 1 nitrogen and oxygen atoms in total. The molecule has 140 valence electrons. The van der Waals surface area contributed by atoms with Crippen molar-refractivity contribution in [3.63, 3.8) is 0 Å². The van der Waals surface area contributed by atoms with Crippen molar-refractivity contribution in [1.82, 2.24) is 0 Å². The van der Waals surface area contributed by atoms with E-state index in [9.17, 15) is 0 Å². The number of aryl methyl sites for hydroxylation is 1. The Hall–Kier alpha value is -3.58. The first-order valence-corrected chi connectivity index (χ1v) is 10.2. The van der Waals surface area contributed by atoms with Gasteiger partial charge < -0.3 is 4.90 Å². The molecule has 5 aromatic rings. The molecule has 0 atom stereocenters. The highest BCUT2D eigenvalue weighted by molar-refractivity contribution is 6.05. The molecule has 0 aromatic heterocycles. The van der Waals surface area contributed by atoms with Crippen molar-refractivity contribution in [2.75, 3.05) is 4.90 Å². The molecule has 0 fully saturated rings. The average molecular weight is 373 g/mol. The number of para-hydroxylation sites is 1. The zero-order valence-electron chi connectivity index (χ0n) is 16.5. The predicted octanol–water partition coefficient (Wildman–Crippen LogP) is 8.03. The van der Waals surface area contributed by atoms with Crippen LogP contribution in [-0.4, -0.2) is 0 Å². The molecule has 5 rings (SSSR count). The molecule has 0 unspecified atom stereocenters. The molecule has 0 aliphatic carbocycles. The van der Waals surface area contributed by atoms with Gasteiger partial charge in [0.2, 0.25) is 0 Å². The molecule has 0 amide bonds. The second-order valence-corrected chi connectivity index (χ2v) is 7.31. The zero-order valence-corrected chi connectivity index (χ0v) is 16.5. The van der Waals surface area contributed by atoms with Gasteiger partial charge in [0.05, 0.1) is 11.4 Å². The summed E-state index contributed by atoms with van der Waals surface area (Å²) in [4.78, 5) is 2.39. The van der Waals surface area contributed by atoms with E-state index in [0.29, 0.717) is 0 Å². The van der Waals surface area contributed by atoms with E-state index >= 15 is 0 Å². The van der Waals surface area contributed by atoms with Crippen LogP contribution in [0.15, 0.2) is 109 Å². The molecule has 0 aliphatic rings. The number of nitrogens with zero attached hydrogens (tertiary/aromatic N) is 1. The molecule has 0 bridgehead atoms. The molecule has 0 radical (unpaired) electrons. The van der Waals surface area contributed by atoms with Gasteiger partial charge in [-0.25, -0.2) is 0 Å². The largest absolute Gasteiger partial charge is 0.309 e. The Morgan fingerprint density at radius 2 is 1.14 bits per heavy atom. The molecule has 0 N–H and O–H groups in total. The summed E-state index contributed by atoms with van der Waals surface area (Å²) in [5.41, 5.74) is 4.96. The standard InChI is InChI=1S/C28H23N/c1-2-21-19-20-28(26-17-9-8-15-24(21)26)29(23-13-4-3-5-14-23)27-18-10-12-22-11-6-7-16-25(22)27/h3-20H,2H2,1H3. The first-order chi connectivity index (χ1) is 14.4. The molecule has 0 saturated heterocycles. The van der Waals surface area contributed by atoms with Gasteiger partial charge >= 0.3 is 0 Å². The van der Waals surface area contributed by atoms with E-state index in [1.165, 1.54) is 44.2 Å². The van der Waals surface area contributed by atoms with Crippen molar-refractivity contribution in [1.29, 1.82) is 0 Å². The van der Waals surface area contributed by atoms with Crippen LogP contribution in [0.2, 0.25) is 0 Å². The minimum atomic E-state index is 1.03. The maximum Gasteiger partial charge on any atom is 0.0540 e. The van der Waals surface area contributed by atoms with Crippen molar-refractivity contribution in [3.8, 4) is 0 Å². The predicted molar refractivity (Wildman–Crippen MR) is 126 cm³/mol. The summed E-state index contributed by atoms with van der Waals surface area (Å²) in [5, 5.41) is 5.11. The quantitative estimate of drug-likeness (QED) is 0.308. The lowest BCUT2D eigenvalue weighted by Gasteiger charge is -2.28. The van der Waals surface area contributed by atoms with Crippen LogP contribution in [0.1, 0.15) is 12.5 Å². The van der Waals surface area contributed by atoms with Crippen molar-refractivity contribution < 1.29 is 0 Å². The summed E-state index contributed by atoms with van der Waals surface area (Å²) in [6, 6.07) is 39.1. The lowest BCUT2D eigenvalue weighted by molar-refractivity contribution is 1.16. The highest BCUT2D eigenvalue weighted by Gasteiger charge is 2.17. The Balaban J connectivity index is 1.85. The van der Waals surface area contributed by atoms with Gasteiger partial charge in [-0.1, -0.05) is 91.9 Å². The SMILES string of the molecule is CCc1ccc(N(c2ccccc2)c2cccc3ccccc23)c2ccccc12. The second-order valence-electron chi connectivity index (χ2n) is 7.31. The average Bonchev–Trinajstić information content (AvgIpc) is 2.80. The van der Waals surface area contributed by atoms with E-state index in [0.717, 1.165) is 6.42 Å². The van der Waals surface area contributed by atoms with Crippen molar-refractivity contribution in [3.05, 3.63) is 115 Å². The minimum Gasteiger partial charge on any atom is -0.309 e. The number of anilines is 3. The number of benzene rings is 5. The van der Waals surface area contributed by atoms with Gasteiger partial charge in [-0.3, -0.25) is 0 Å². The van der Waals surface area contributed by atoms with Gasteiger partial charge in [-0.15, -0.1) is 0 Å². The van der Waals surface area contributed by atoms with Crippen molar-refractivity contribution in [2.24, 2.45) is 0 Å². The van der Waals surface area contributed by atoms with Crippen molar-refractivity contribution >= 4 is 38.6 Å². The number of rotatable bonds is 4. The maximum atomic E-state index is 2.39. The first-order valence-electron chi connectivity index (χ1n) is 10.2. The third kappa shape index (κ3) is 3.05. The third-order valence-corrected chi connectivity index (χ3v) is 5.64. The fourth-order valence-corrected chi connectivity index (χ4v) is 4.24. The molecule has 0 saturated carbocycles. The zero-order chi connectivity index (χ0) is 19.6. The second kappa shape index (κ2) is 7.44. The number of fused-ring (bicyclic) bond motifs is 2. The summed E-state index contributed by atoms with van der Waals surface area (Å²) < 4.78 is 0. The highest BCUT2D eigenvalue weighted by Crippen LogP contribution is 2.42.